The number of rotatable bonds is 36. The van der Waals surface area contributed by atoms with Crippen LogP contribution in [0.15, 0.2) is 24.3 Å². The van der Waals surface area contributed by atoms with Gasteiger partial charge in [0.2, 0.25) is 11.8 Å². The highest BCUT2D eigenvalue weighted by molar-refractivity contribution is 5.76. The number of benzene rings is 1. The van der Waals surface area contributed by atoms with E-state index < -0.39 is 12.2 Å². The van der Waals surface area contributed by atoms with Gasteiger partial charge in [-0.3, -0.25) is 9.59 Å². The lowest BCUT2D eigenvalue weighted by molar-refractivity contribution is -0.124. The first-order valence-electron chi connectivity index (χ1n) is 21.4. The Kier molecular flexibility index (Phi) is 31.5. The van der Waals surface area contributed by atoms with Crippen LogP contribution in [0.4, 0.5) is 0 Å². The molecule has 0 saturated heterocycles. The lowest BCUT2D eigenvalue weighted by atomic mass is 10.0. The molecule has 0 heterocycles. The minimum Gasteiger partial charge on any atom is -0.393 e. The number of carbonyl (C=O) groups is 2. The molecule has 1 aromatic rings. The van der Waals surface area contributed by atoms with Crippen LogP contribution in [0.2, 0.25) is 0 Å². The molecule has 0 fully saturated rings. The number of aliphatic hydroxyl groups excluding tert-OH is 2. The Balaban J connectivity index is 2.00. The molecule has 0 aromatic heterocycles. The Hall–Kier alpha value is -1.92. The molecule has 6 heteroatoms. The Morgan fingerprint density at radius 1 is 0.440 bits per heavy atom. The van der Waals surface area contributed by atoms with Crippen LogP contribution < -0.4 is 10.6 Å². The molecular formula is C44H80N2O4. The van der Waals surface area contributed by atoms with E-state index in [1.165, 1.54) is 141 Å². The molecule has 0 saturated carbocycles. The van der Waals surface area contributed by atoms with Crippen LogP contribution >= 0.6 is 0 Å². The fraction of sp³-hybridized carbons (Fsp3) is 0.818. The molecule has 0 aliphatic carbocycles. The van der Waals surface area contributed by atoms with Crippen LogP contribution in [0.3, 0.4) is 0 Å². The SMILES string of the molecule is CCCCCCCCCCCCCCCC(O)CC(=O)NCc1ccc(CNC(=O)CC(O)CCCCCCCCCCCCCCC)cc1. The summed E-state index contributed by atoms with van der Waals surface area (Å²) in [4.78, 5) is 24.7. The fourth-order valence-corrected chi connectivity index (χ4v) is 6.75. The summed E-state index contributed by atoms with van der Waals surface area (Å²) in [5, 5.41) is 26.4. The minimum atomic E-state index is -0.582. The molecule has 0 spiro atoms. The predicted molar refractivity (Wildman–Crippen MR) is 212 cm³/mol. The van der Waals surface area contributed by atoms with E-state index in [1.807, 2.05) is 24.3 Å². The summed E-state index contributed by atoms with van der Waals surface area (Å²) in [5.41, 5.74) is 1.96. The third-order valence-corrected chi connectivity index (χ3v) is 10.1. The smallest absolute Gasteiger partial charge is 0.222 e. The maximum atomic E-state index is 12.3. The van der Waals surface area contributed by atoms with E-state index in [4.69, 9.17) is 0 Å². The topological polar surface area (TPSA) is 98.7 Å². The second-order valence-corrected chi connectivity index (χ2v) is 15.1. The standard InChI is InChI=1S/C44H80N2O4/c1-3-5-7-9-11-13-15-17-19-21-23-25-27-29-41(47)35-43(49)45-37-39-31-33-40(34-32-39)38-46-44(50)36-42(48)30-28-26-24-22-20-18-16-14-12-10-8-6-4-2/h31-34,41-42,47-48H,3-30,35-38H2,1-2H3,(H,45,49)(H,46,50). The quantitative estimate of drug-likeness (QED) is 0.0524. The number of aliphatic hydroxyl groups is 2. The van der Waals surface area contributed by atoms with Crippen LogP contribution in [0.5, 0.6) is 0 Å². The molecule has 6 nitrogen and oxygen atoms in total. The number of carbonyl (C=O) groups excluding carboxylic acids is 2. The van der Waals surface area contributed by atoms with Gasteiger partial charge in [0.1, 0.15) is 0 Å². The van der Waals surface area contributed by atoms with Crippen molar-refractivity contribution in [2.24, 2.45) is 0 Å². The van der Waals surface area contributed by atoms with Crippen molar-refractivity contribution in [3.05, 3.63) is 35.4 Å². The molecule has 0 aliphatic heterocycles. The van der Waals surface area contributed by atoms with Crippen LogP contribution in [-0.4, -0.2) is 34.2 Å². The first-order valence-corrected chi connectivity index (χ1v) is 21.4. The summed E-state index contributed by atoms with van der Waals surface area (Å²) >= 11 is 0. The summed E-state index contributed by atoms with van der Waals surface area (Å²) in [6, 6.07) is 7.81. The van der Waals surface area contributed by atoms with Crippen molar-refractivity contribution in [1.82, 2.24) is 10.6 Å². The van der Waals surface area contributed by atoms with Crippen LogP contribution in [0.25, 0.3) is 0 Å². The molecule has 0 bridgehead atoms. The van der Waals surface area contributed by atoms with Crippen molar-refractivity contribution in [3.8, 4) is 0 Å². The Morgan fingerprint density at radius 3 is 0.940 bits per heavy atom. The summed E-state index contributed by atoms with van der Waals surface area (Å²) in [7, 11) is 0. The number of amides is 2. The third kappa shape index (κ3) is 29.8. The highest BCUT2D eigenvalue weighted by Crippen LogP contribution is 2.16. The molecular weight excluding hydrogens is 620 g/mol. The molecule has 50 heavy (non-hydrogen) atoms. The van der Waals surface area contributed by atoms with Gasteiger partial charge in [0, 0.05) is 13.1 Å². The monoisotopic (exact) mass is 701 g/mol. The maximum absolute atomic E-state index is 12.3. The van der Waals surface area contributed by atoms with Gasteiger partial charge < -0.3 is 20.8 Å². The summed E-state index contributed by atoms with van der Waals surface area (Å²) in [5.74, 6) is -0.248. The molecule has 4 N–H and O–H groups in total. The zero-order valence-electron chi connectivity index (χ0n) is 32.8. The van der Waals surface area contributed by atoms with E-state index >= 15 is 0 Å². The van der Waals surface area contributed by atoms with Crippen LogP contribution in [-0.2, 0) is 22.7 Å². The Labute approximate surface area is 308 Å². The van der Waals surface area contributed by atoms with Crippen molar-refractivity contribution in [2.45, 2.75) is 232 Å². The summed E-state index contributed by atoms with van der Waals surface area (Å²) < 4.78 is 0. The van der Waals surface area contributed by atoms with Crippen LogP contribution in [0.1, 0.15) is 218 Å². The number of unbranched alkanes of at least 4 members (excludes halogenated alkanes) is 24. The second-order valence-electron chi connectivity index (χ2n) is 15.1. The third-order valence-electron chi connectivity index (χ3n) is 10.1. The van der Waals surface area contributed by atoms with Gasteiger partial charge in [-0.05, 0) is 24.0 Å². The van der Waals surface area contributed by atoms with Crippen molar-refractivity contribution in [2.75, 3.05) is 0 Å². The van der Waals surface area contributed by atoms with E-state index in [9.17, 15) is 19.8 Å². The van der Waals surface area contributed by atoms with Gasteiger partial charge in [0.25, 0.3) is 0 Å². The zero-order chi connectivity index (χ0) is 36.3. The van der Waals surface area contributed by atoms with Crippen molar-refractivity contribution < 1.29 is 19.8 Å². The molecule has 0 radical (unpaired) electrons. The van der Waals surface area contributed by atoms with E-state index in [0.29, 0.717) is 25.9 Å². The second kappa shape index (κ2) is 34.2. The van der Waals surface area contributed by atoms with Crippen molar-refractivity contribution in [1.29, 1.82) is 0 Å². The number of hydrogen-bond acceptors (Lipinski definition) is 4. The van der Waals surface area contributed by atoms with E-state index in [0.717, 1.165) is 36.8 Å². The summed E-state index contributed by atoms with van der Waals surface area (Å²) in [6.45, 7) is 5.37. The molecule has 1 rings (SSSR count). The van der Waals surface area contributed by atoms with Gasteiger partial charge in [0.15, 0.2) is 0 Å². The molecule has 1 aromatic carbocycles. The average molecular weight is 701 g/mol. The normalized spacial score (nSPS) is 12.6. The maximum Gasteiger partial charge on any atom is 0.222 e. The highest BCUT2D eigenvalue weighted by atomic mass is 16.3. The Morgan fingerprint density at radius 2 is 0.680 bits per heavy atom. The lowest BCUT2D eigenvalue weighted by Gasteiger charge is -2.12. The molecule has 0 aliphatic rings. The van der Waals surface area contributed by atoms with Gasteiger partial charge in [0.05, 0.1) is 25.0 Å². The highest BCUT2D eigenvalue weighted by Gasteiger charge is 2.12. The summed E-state index contributed by atoms with van der Waals surface area (Å²) in [6.07, 6.45) is 34.3. The van der Waals surface area contributed by atoms with E-state index in [1.54, 1.807) is 0 Å². The fourth-order valence-electron chi connectivity index (χ4n) is 6.75. The van der Waals surface area contributed by atoms with Gasteiger partial charge in [-0.1, -0.05) is 205 Å². The molecule has 2 atom stereocenters. The van der Waals surface area contributed by atoms with Crippen LogP contribution in [0, 0.1) is 0 Å². The lowest BCUT2D eigenvalue weighted by Crippen LogP contribution is -2.27. The largest absolute Gasteiger partial charge is 0.393 e. The number of nitrogens with one attached hydrogen (secondary N) is 2. The first kappa shape index (κ1) is 46.1. The number of hydrogen-bond donors (Lipinski definition) is 4. The zero-order valence-corrected chi connectivity index (χ0v) is 32.8. The van der Waals surface area contributed by atoms with Gasteiger partial charge in [-0.2, -0.15) is 0 Å². The minimum absolute atomic E-state index is 0.124. The van der Waals surface area contributed by atoms with Gasteiger partial charge in [-0.15, -0.1) is 0 Å². The van der Waals surface area contributed by atoms with E-state index in [-0.39, 0.29) is 24.7 Å². The molecule has 290 valence electrons. The molecule has 2 amide bonds. The predicted octanol–water partition coefficient (Wildman–Crippen LogP) is 11.4. The van der Waals surface area contributed by atoms with E-state index in [2.05, 4.69) is 24.5 Å². The first-order chi connectivity index (χ1) is 24.4. The molecule has 2 unspecified atom stereocenters. The average Bonchev–Trinajstić information content (AvgIpc) is 3.11. The van der Waals surface area contributed by atoms with Gasteiger partial charge >= 0.3 is 0 Å². The van der Waals surface area contributed by atoms with Gasteiger partial charge in [-0.25, -0.2) is 0 Å². The Bertz CT molecular complexity index is 833. The van der Waals surface area contributed by atoms with Crippen molar-refractivity contribution >= 4 is 11.8 Å². The van der Waals surface area contributed by atoms with Crippen molar-refractivity contribution in [3.63, 3.8) is 0 Å².